The Morgan fingerprint density at radius 1 is 1.32 bits per heavy atom. The number of fused-ring (bicyclic) bond motifs is 2. The maximum atomic E-state index is 12.8. The Kier molecular flexibility index (Phi) is 5.39. The van der Waals surface area contributed by atoms with E-state index < -0.39 is 5.97 Å². The highest BCUT2D eigenvalue weighted by molar-refractivity contribution is 7.22. The first-order chi connectivity index (χ1) is 13.5. The fourth-order valence-corrected chi connectivity index (χ4v) is 4.79. The van der Waals surface area contributed by atoms with E-state index in [4.69, 9.17) is 21.4 Å². The molecule has 146 valence electrons. The van der Waals surface area contributed by atoms with Crippen LogP contribution < -0.4 is 5.32 Å². The van der Waals surface area contributed by atoms with E-state index in [0.717, 1.165) is 22.2 Å². The van der Waals surface area contributed by atoms with Crippen LogP contribution in [0.2, 0.25) is 4.34 Å². The summed E-state index contributed by atoms with van der Waals surface area (Å²) in [6.07, 6.45) is 0.683. The van der Waals surface area contributed by atoms with Crippen molar-refractivity contribution < 1.29 is 19.4 Å². The van der Waals surface area contributed by atoms with Gasteiger partial charge in [0.05, 0.1) is 24.0 Å². The van der Waals surface area contributed by atoms with Crippen molar-refractivity contribution in [3.63, 3.8) is 0 Å². The average Bonchev–Trinajstić information content (AvgIpc) is 3.29. The largest absolute Gasteiger partial charge is 0.481 e. The fourth-order valence-electron chi connectivity index (χ4n) is 3.67. The summed E-state index contributed by atoms with van der Waals surface area (Å²) in [5.74, 6) is -1.07. The summed E-state index contributed by atoms with van der Waals surface area (Å²) < 4.78 is 6.28. The molecule has 1 aliphatic carbocycles. The summed E-state index contributed by atoms with van der Waals surface area (Å²) in [5.41, 5.74) is 2.82. The van der Waals surface area contributed by atoms with Crippen LogP contribution in [0.4, 0.5) is 0 Å². The monoisotopic (exact) mass is 418 g/mol. The molecule has 0 spiro atoms. The number of H-pyrrole nitrogens is 1. The number of halogens is 1. The maximum absolute atomic E-state index is 12.8. The molecule has 3 N–H and O–H groups in total. The van der Waals surface area contributed by atoms with Crippen LogP contribution in [-0.2, 0) is 16.0 Å². The third kappa shape index (κ3) is 3.92. The van der Waals surface area contributed by atoms with E-state index in [2.05, 4.69) is 16.4 Å². The zero-order valence-electron chi connectivity index (χ0n) is 14.9. The third-order valence-corrected chi connectivity index (χ3v) is 6.17. The van der Waals surface area contributed by atoms with Crippen molar-refractivity contribution in [1.82, 2.24) is 10.3 Å². The molecule has 6 nitrogen and oxygen atoms in total. The molecule has 28 heavy (non-hydrogen) atoms. The summed E-state index contributed by atoms with van der Waals surface area (Å²) in [7, 11) is 0. The predicted molar refractivity (Wildman–Crippen MR) is 108 cm³/mol. The first-order valence-electron chi connectivity index (χ1n) is 8.97. The number of carboxylic acid groups (broad SMARTS) is 1. The molecule has 1 aromatic carbocycles. The minimum atomic E-state index is -0.886. The standard InChI is InChI=1S/C20H19ClN2O4S/c21-17-9-12-8-16(23-20(12)28-17)19(26)22-15-7-11-3-1-2-4-13(11)14(15)10-27-6-5-18(24)25/h1-4,8-9,14-15,23H,5-7,10H2,(H,22,26)(H,24,25)/t14-,15-/m1/s1. The van der Waals surface area contributed by atoms with E-state index in [1.54, 1.807) is 6.07 Å². The van der Waals surface area contributed by atoms with Gasteiger partial charge in [0.25, 0.3) is 5.91 Å². The van der Waals surface area contributed by atoms with Crippen molar-refractivity contribution >= 4 is 45.0 Å². The van der Waals surface area contributed by atoms with Crippen LogP contribution in [0.3, 0.4) is 0 Å². The van der Waals surface area contributed by atoms with E-state index in [-0.39, 0.29) is 30.9 Å². The molecule has 1 amide bonds. The SMILES string of the molecule is O=C(O)CCOC[C@@H]1c2ccccc2C[C@H]1NC(=O)c1cc2cc(Cl)sc2[nH]1. The van der Waals surface area contributed by atoms with Crippen molar-refractivity contribution in [1.29, 1.82) is 0 Å². The molecule has 0 saturated carbocycles. The zero-order valence-corrected chi connectivity index (χ0v) is 16.5. The van der Waals surface area contributed by atoms with Gasteiger partial charge in [0.1, 0.15) is 10.5 Å². The number of carbonyl (C=O) groups is 2. The second-order valence-electron chi connectivity index (χ2n) is 6.83. The second kappa shape index (κ2) is 7.95. The summed E-state index contributed by atoms with van der Waals surface area (Å²) in [4.78, 5) is 27.5. The molecular formula is C20H19ClN2O4S. The first-order valence-corrected chi connectivity index (χ1v) is 10.2. The third-order valence-electron chi connectivity index (χ3n) is 4.98. The highest BCUT2D eigenvalue weighted by Gasteiger charge is 2.33. The summed E-state index contributed by atoms with van der Waals surface area (Å²) in [6.45, 7) is 0.521. The first kappa shape index (κ1) is 19.0. The van der Waals surface area contributed by atoms with E-state index in [9.17, 15) is 9.59 Å². The van der Waals surface area contributed by atoms with Gasteiger partial charge in [-0.05, 0) is 29.7 Å². The van der Waals surface area contributed by atoms with Gasteiger partial charge in [-0.3, -0.25) is 9.59 Å². The van der Waals surface area contributed by atoms with Gasteiger partial charge in [-0.1, -0.05) is 35.9 Å². The van der Waals surface area contributed by atoms with Crippen LogP contribution in [0.5, 0.6) is 0 Å². The molecule has 2 aromatic heterocycles. The minimum absolute atomic E-state index is 0.0144. The molecule has 0 radical (unpaired) electrons. The van der Waals surface area contributed by atoms with Gasteiger partial charge in [0.15, 0.2) is 0 Å². The second-order valence-corrected chi connectivity index (χ2v) is 8.51. The van der Waals surface area contributed by atoms with E-state index in [1.165, 1.54) is 16.9 Å². The highest BCUT2D eigenvalue weighted by Crippen LogP contribution is 2.34. The van der Waals surface area contributed by atoms with Crippen LogP contribution in [0.1, 0.15) is 34.0 Å². The average molecular weight is 419 g/mol. The number of ether oxygens (including phenoxy) is 1. The topological polar surface area (TPSA) is 91.4 Å². The minimum Gasteiger partial charge on any atom is -0.481 e. The lowest BCUT2D eigenvalue weighted by Crippen LogP contribution is -2.39. The normalized spacial score (nSPS) is 18.3. The lowest BCUT2D eigenvalue weighted by Gasteiger charge is -2.21. The number of carbonyl (C=O) groups excluding carboxylic acids is 1. The van der Waals surface area contributed by atoms with Crippen LogP contribution in [0.15, 0.2) is 36.4 Å². The molecule has 2 atom stereocenters. The van der Waals surface area contributed by atoms with Gasteiger partial charge >= 0.3 is 5.97 Å². The van der Waals surface area contributed by atoms with Gasteiger partial charge in [-0.15, -0.1) is 11.3 Å². The molecule has 1 aliphatic rings. The van der Waals surface area contributed by atoms with E-state index in [1.807, 2.05) is 24.3 Å². The molecule has 0 fully saturated rings. The lowest BCUT2D eigenvalue weighted by molar-refractivity contribution is -0.138. The molecule has 4 rings (SSSR count). The van der Waals surface area contributed by atoms with Crippen LogP contribution in [-0.4, -0.2) is 41.2 Å². The molecule has 2 heterocycles. The summed E-state index contributed by atoms with van der Waals surface area (Å²) in [6, 6.07) is 11.6. The smallest absolute Gasteiger partial charge is 0.305 e. The van der Waals surface area contributed by atoms with Crippen molar-refractivity contribution in [3.8, 4) is 0 Å². The number of thiophene rings is 1. The van der Waals surface area contributed by atoms with Gasteiger partial charge in [-0.25, -0.2) is 0 Å². The number of amides is 1. The number of benzene rings is 1. The zero-order chi connectivity index (χ0) is 19.7. The number of carboxylic acids is 1. The predicted octanol–water partition coefficient (Wildman–Crippen LogP) is 3.81. The molecule has 0 bridgehead atoms. The Hall–Kier alpha value is -2.35. The van der Waals surface area contributed by atoms with Gasteiger partial charge in [0, 0.05) is 17.3 Å². The van der Waals surface area contributed by atoms with Crippen molar-refractivity contribution in [2.75, 3.05) is 13.2 Å². The number of nitrogens with one attached hydrogen (secondary N) is 2. The molecule has 8 heteroatoms. The van der Waals surface area contributed by atoms with Crippen LogP contribution in [0.25, 0.3) is 10.2 Å². The molecule has 0 unspecified atom stereocenters. The summed E-state index contributed by atoms with van der Waals surface area (Å²) >= 11 is 7.39. The molecule has 0 saturated heterocycles. The van der Waals surface area contributed by atoms with Crippen molar-refractivity contribution in [3.05, 3.63) is 57.6 Å². The summed E-state index contributed by atoms with van der Waals surface area (Å²) in [5, 5.41) is 12.8. The lowest BCUT2D eigenvalue weighted by atomic mass is 9.99. The quantitative estimate of drug-likeness (QED) is 0.509. The Balaban J connectivity index is 1.47. The van der Waals surface area contributed by atoms with Gasteiger partial charge in [-0.2, -0.15) is 0 Å². The van der Waals surface area contributed by atoms with E-state index >= 15 is 0 Å². The molecular weight excluding hydrogens is 400 g/mol. The van der Waals surface area contributed by atoms with Gasteiger partial charge < -0.3 is 20.1 Å². The molecule has 0 aliphatic heterocycles. The number of aromatic nitrogens is 1. The number of hydrogen-bond acceptors (Lipinski definition) is 4. The maximum Gasteiger partial charge on any atom is 0.305 e. The number of hydrogen-bond donors (Lipinski definition) is 3. The molecule has 3 aromatic rings. The Morgan fingerprint density at radius 3 is 2.93 bits per heavy atom. The number of aliphatic carboxylic acids is 1. The number of aromatic amines is 1. The van der Waals surface area contributed by atoms with Crippen LogP contribution >= 0.6 is 22.9 Å². The Labute approximate surface area is 170 Å². The number of rotatable bonds is 7. The van der Waals surface area contributed by atoms with Crippen molar-refractivity contribution in [2.24, 2.45) is 0 Å². The fraction of sp³-hybridized carbons (Fsp3) is 0.300. The van der Waals surface area contributed by atoms with E-state index in [0.29, 0.717) is 16.6 Å². The van der Waals surface area contributed by atoms with Gasteiger partial charge in [0.2, 0.25) is 0 Å². The van der Waals surface area contributed by atoms with Crippen LogP contribution in [0, 0.1) is 0 Å². The Bertz CT molecular complexity index is 997. The van der Waals surface area contributed by atoms with Crippen molar-refractivity contribution in [2.45, 2.75) is 24.8 Å². The highest BCUT2D eigenvalue weighted by atomic mass is 35.5. The Morgan fingerprint density at radius 2 is 2.14 bits per heavy atom.